The highest BCUT2D eigenvalue weighted by atomic mass is 79.9. The average molecular weight is 462 g/mol. The number of imidazole rings is 1. The van der Waals surface area contributed by atoms with Gasteiger partial charge in [-0.1, -0.05) is 31.2 Å². The van der Waals surface area contributed by atoms with E-state index in [4.69, 9.17) is 9.97 Å². The normalized spacial score (nSPS) is 11.2. The van der Waals surface area contributed by atoms with Crippen molar-refractivity contribution >= 4 is 27.1 Å². The molecule has 6 heteroatoms. The van der Waals surface area contributed by atoms with E-state index in [9.17, 15) is 5.26 Å². The first-order valence-electron chi connectivity index (χ1n) is 10.2. The summed E-state index contributed by atoms with van der Waals surface area (Å²) in [4.78, 5) is 9.61. The second kappa shape index (κ2) is 8.08. The van der Waals surface area contributed by atoms with Gasteiger partial charge in [-0.05, 0) is 65.5 Å². The highest BCUT2D eigenvalue weighted by molar-refractivity contribution is 9.10. The fourth-order valence-corrected chi connectivity index (χ4v) is 4.72. The number of hydrogen-bond donors (Lipinski definition) is 0. The SMILES string of the molecule is CCc1nc2c(C)cc(C)nc2n1Cc1ccc(-c2c(C#N)cc(Br)n2CC)cc1. The third kappa shape index (κ3) is 3.44. The van der Waals surface area contributed by atoms with E-state index in [1.54, 1.807) is 0 Å². The lowest BCUT2D eigenvalue weighted by atomic mass is 10.1. The van der Waals surface area contributed by atoms with Gasteiger partial charge in [0.15, 0.2) is 5.65 Å². The Morgan fingerprint density at radius 1 is 1.03 bits per heavy atom. The quantitative estimate of drug-likeness (QED) is 0.378. The first kappa shape index (κ1) is 20.4. The Hall–Kier alpha value is -2.91. The van der Waals surface area contributed by atoms with Crippen molar-refractivity contribution in [3.8, 4) is 17.3 Å². The molecule has 0 saturated heterocycles. The van der Waals surface area contributed by atoms with Crippen LogP contribution in [0.4, 0.5) is 0 Å². The van der Waals surface area contributed by atoms with Gasteiger partial charge in [-0.3, -0.25) is 0 Å². The number of nitriles is 1. The predicted octanol–water partition coefficient (Wildman–Crippen LogP) is 5.78. The smallest absolute Gasteiger partial charge is 0.160 e. The van der Waals surface area contributed by atoms with Crippen molar-refractivity contribution in [2.75, 3.05) is 0 Å². The fraction of sp³-hybridized carbons (Fsp3) is 0.292. The zero-order chi connectivity index (χ0) is 21.4. The molecule has 30 heavy (non-hydrogen) atoms. The van der Waals surface area contributed by atoms with Crippen molar-refractivity contribution in [3.63, 3.8) is 0 Å². The van der Waals surface area contributed by atoms with E-state index in [-0.39, 0.29) is 0 Å². The molecule has 0 bridgehead atoms. The summed E-state index contributed by atoms with van der Waals surface area (Å²) in [5.74, 6) is 1.05. The minimum atomic E-state index is 0.681. The molecule has 0 aliphatic rings. The first-order valence-corrected chi connectivity index (χ1v) is 11.0. The lowest BCUT2D eigenvalue weighted by molar-refractivity contribution is 0.745. The summed E-state index contributed by atoms with van der Waals surface area (Å²) < 4.78 is 5.26. The molecule has 0 atom stereocenters. The van der Waals surface area contributed by atoms with Gasteiger partial charge in [-0.15, -0.1) is 0 Å². The second-order valence-corrected chi connectivity index (χ2v) is 8.32. The third-order valence-electron chi connectivity index (χ3n) is 5.47. The molecular weight excluding hydrogens is 438 g/mol. The molecule has 0 aliphatic heterocycles. The van der Waals surface area contributed by atoms with Crippen molar-refractivity contribution in [2.45, 2.75) is 47.2 Å². The molecule has 0 N–H and O–H groups in total. The molecule has 3 heterocycles. The maximum Gasteiger partial charge on any atom is 0.160 e. The van der Waals surface area contributed by atoms with Crippen LogP contribution in [-0.4, -0.2) is 19.1 Å². The van der Waals surface area contributed by atoms with Gasteiger partial charge in [0.05, 0.1) is 22.4 Å². The molecular formula is C24H24BrN5. The largest absolute Gasteiger partial charge is 0.334 e. The summed E-state index contributed by atoms with van der Waals surface area (Å²) >= 11 is 3.57. The van der Waals surface area contributed by atoms with Crippen LogP contribution in [0.3, 0.4) is 0 Å². The lowest BCUT2D eigenvalue weighted by Gasteiger charge is -2.11. The number of hydrogen-bond acceptors (Lipinski definition) is 3. The number of rotatable bonds is 5. The number of pyridine rings is 1. The van der Waals surface area contributed by atoms with Crippen LogP contribution >= 0.6 is 15.9 Å². The third-order valence-corrected chi connectivity index (χ3v) is 6.13. The molecule has 152 valence electrons. The second-order valence-electron chi connectivity index (χ2n) is 7.50. The molecule has 0 aliphatic carbocycles. The van der Waals surface area contributed by atoms with Gasteiger partial charge in [0.25, 0.3) is 0 Å². The van der Waals surface area contributed by atoms with E-state index in [0.717, 1.165) is 63.6 Å². The van der Waals surface area contributed by atoms with Crippen molar-refractivity contribution in [2.24, 2.45) is 0 Å². The summed E-state index contributed by atoms with van der Waals surface area (Å²) in [6.07, 6.45) is 0.858. The van der Waals surface area contributed by atoms with E-state index in [1.807, 2.05) is 13.0 Å². The minimum absolute atomic E-state index is 0.681. The van der Waals surface area contributed by atoms with E-state index in [1.165, 1.54) is 5.56 Å². The average Bonchev–Trinajstić information content (AvgIpc) is 3.25. The molecule has 1 aromatic carbocycles. The van der Waals surface area contributed by atoms with Gasteiger partial charge in [0, 0.05) is 18.7 Å². The van der Waals surface area contributed by atoms with Crippen LogP contribution in [0.15, 0.2) is 41.0 Å². The summed E-state index contributed by atoms with van der Waals surface area (Å²) in [5.41, 5.74) is 7.96. The molecule has 0 fully saturated rings. The maximum atomic E-state index is 9.54. The van der Waals surface area contributed by atoms with Crippen LogP contribution in [0, 0.1) is 25.2 Å². The number of fused-ring (bicyclic) bond motifs is 1. The van der Waals surface area contributed by atoms with Gasteiger partial charge in [-0.25, -0.2) is 9.97 Å². The van der Waals surface area contributed by atoms with Gasteiger partial charge in [-0.2, -0.15) is 5.26 Å². The Kier molecular flexibility index (Phi) is 5.48. The molecule has 4 aromatic rings. The summed E-state index contributed by atoms with van der Waals surface area (Å²) in [6.45, 7) is 9.85. The fourth-order valence-electron chi connectivity index (χ4n) is 4.06. The molecule has 4 rings (SSSR count). The molecule has 0 amide bonds. The highest BCUT2D eigenvalue weighted by Gasteiger charge is 2.16. The van der Waals surface area contributed by atoms with Crippen LogP contribution in [0.2, 0.25) is 0 Å². The number of aromatic nitrogens is 4. The van der Waals surface area contributed by atoms with Crippen LogP contribution in [0.25, 0.3) is 22.4 Å². The minimum Gasteiger partial charge on any atom is -0.334 e. The maximum absolute atomic E-state index is 9.54. The number of benzene rings is 1. The molecule has 0 saturated carbocycles. The van der Waals surface area contributed by atoms with Gasteiger partial charge < -0.3 is 9.13 Å². The van der Waals surface area contributed by atoms with E-state index in [0.29, 0.717) is 5.56 Å². The molecule has 0 unspecified atom stereocenters. The first-order chi connectivity index (χ1) is 14.5. The summed E-state index contributed by atoms with van der Waals surface area (Å²) in [7, 11) is 0. The number of aryl methyl sites for hydroxylation is 3. The van der Waals surface area contributed by atoms with Crippen molar-refractivity contribution in [1.82, 2.24) is 19.1 Å². The Labute approximate surface area is 185 Å². The van der Waals surface area contributed by atoms with E-state index in [2.05, 4.69) is 82.2 Å². The molecule has 3 aromatic heterocycles. The molecule has 5 nitrogen and oxygen atoms in total. The topological polar surface area (TPSA) is 59.4 Å². The van der Waals surface area contributed by atoms with Crippen molar-refractivity contribution in [3.05, 3.63) is 69.2 Å². The van der Waals surface area contributed by atoms with Crippen LogP contribution < -0.4 is 0 Å². The Morgan fingerprint density at radius 3 is 2.40 bits per heavy atom. The van der Waals surface area contributed by atoms with E-state index < -0.39 is 0 Å². The number of halogens is 1. The van der Waals surface area contributed by atoms with Crippen molar-refractivity contribution in [1.29, 1.82) is 5.26 Å². The Bertz CT molecular complexity index is 1270. The predicted molar refractivity (Wildman–Crippen MR) is 123 cm³/mol. The molecule has 0 spiro atoms. The Balaban J connectivity index is 1.73. The van der Waals surface area contributed by atoms with Crippen LogP contribution in [0.1, 0.15) is 42.1 Å². The van der Waals surface area contributed by atoms with Crippen LogP contribution in [0.5, 0.6) is 0 Å². The number of nitrogens with zero attached hydrogens (tertiary/aromatic N) is 5. The summed E-state index contributed by atoms with van der Waals surface area (Å²) in [5, 5.41) is 9.54. The van der Waals surface area contributed by atoms with Crippen molar-refractivity contribution < 1.29 is 0 Å². The van der Waals surface area contributed by atoms with Gasteiger partial charge >= 0.3 is 0 Å². The zero-order valence-electron chi connectivity index (χ0n) is 17.7. The highest BCUT2D eigenvalue weighted by Crippen LogP contribution is 2.30. The van der Waals surface area contributed by atoms with Gasteiger partial charge in [0.2, 0.25) is 0 Å². The van der Waals surface area contributed by atoms with Crippen LogP contribution in [-0.2, 0) is 19.5 Å². The van der Waals surface area contributed by atoms with Gasteiger partial charge in [0.1, 0.15) is 17.4 Å². The summed E-state index contributed by atoms with van der Waals surface area (Å²) in [6, 6.07) is 14.7. The van der Waals surface area contributed by atoms with E-state index >= 15 is 0 Å². The Morgan fingerprint density at radius 2 is 1.77 bits per heavy atom. The molecule has 0 radical (unpaired) electrons. The zero-order valence-corrected chi connectivity index (χ0v) is 19.3. The standard InChI is InChI=1S/C24H24BrN5/c1-5-21-28-22-15(3)11-16(4)27-24(22)30(21)14-17-7-9-18(10-8-17)23-19(13-26)12-20(25)29(23)6-2/h7-12H,5-6,14H2,1-4H3. The monoisotopic (exact) mass is 461 g/mol. The lowest BCUT2D eigenvalue weighted by Crippen LogP contribution is -2.06.